The Balaban J connectivity index is 1.44. The maximum absolute atomic E-state index is 13.1. The number of morpholine rings is 1. The quantitative estimate of drug-likeness (QED) is 0.712. The fourth-order valence-corrected chi connectivity index (χ4v) is 3.89. The molecule has 0 bridgehead atoms. The average molecular weight is 428 g/mol. The van der Waals surface area contributed by atoms with Crippen LogP contribution in [-0.4, -0.2) is 87.5 Å². The van der Waals surface area contributed by atoms with E-state index in [1.165, 1.54) is 0 Å². The molecule has 0 aliphatic carbocycles. The zero-order valence-electron chi connectivity index (χ0n) is 18.3. The predicted octanol–water partition coefficient (Wildman–Crippen LogP) is 1.60. The summed E-state index contributed by atoms with van der Waals surface area (Å²) in [4.78, 5) is 28.7. The number of hydrogen-bond donors (Lipinski definition) is 0. The number of aryl methyl sites for hydroxylation is 1. The fourth-order valence-electron chi connectivity index (χ4n) is 3.89. The second-order valence-corrected chi connectivity index (χ2v) is 7.61. The normalized spacial score (nSPS) is 16.9. The van der Waals surface area contributed by atoms with Gasteiger partial charge < -0.3 is 28.9 Å². The molecule has 1 amide bonds. The first-order valence-corrected chi connectivity index (χ1v) is 10.5. The van der Waals surface area contributed by atoms with Crippen LogP contribution in [0.2, 0.25) is 0 Å². The van der Waals surface area contributed by atoms with E-state index in [1.54, 1.807) is 32.4 Å². The molecule has 1 aromatic carbocycles. The minimum Gasteiger partial charge on any atom is -0.497 e. The zero-order valence-corrected chi connectivity index (χ0v) is 18.3. The number of amides is 1. The largest absolute Gasteiger partial charge is 0.497 e. The van der Waals surface area contributed by atoms with Gasteiger partial charge in [0.05, 0.1) is 33.0 Å². The van der Waals surface area contributed by atoms with E-state index in [-0.39, 0.29) is 5.91 Å². The molecule has 0 atom stereocenters. The Hall–Kier alpha value is -3.07. The highest BCUT2D eigenvalue weighted by atomic mass is 16.5. The van der Waals surface area contributed by atoms with Crippen molar-refractivity contribution in [3.8, 4) is 11.5 Å². The lowest BCUT2D eigenvalue weighted by Gasteiger charge is -2.35. The monoisotopic (exact) mass is 427 g/mol. The average Bonchev–Trinajstić information content (AvgIpc) is 2.83. The molecule has 0 saturated carbocycles. The van der Waals surface area contributed by atoms with E-state index in [0.717, 1.165) is 30.5 Å². The molecule has 2 aliphatic heterocycles. The van der Waals surface area contributed by atoms with E-state index in [2.05, 4.69) is 14.8 Å². The van der Waals surface area contributed by atoms with Crippen molar-refractivity contribution >= 4 is 17.7 Å². The third-order valence-corrected chi connectivity index (χ3v) is 5.65. The number of aromatic nitrogens is 2. The number of carbonyl (C=O) groups is 1. The first kappa shape index (κ1) is 21.2. The first-order valence-electron chi connectivity index (χ1n) is 10.5. The maximum atomic E-state index is 13.1. The summed E-state index contributed by atoms with van der Waals surface area (Å²) in [6.07, 6.45) is 0. The molecular formula is C22H29N5O4. The molecule has 166 valence electrons. The number of rotatable bonds is 5. The zero-order chi connectivity index (χ0) is 21.8. The molecule has 2 aliphatic rings. The van der Waals surface area contributed by atoms with Crippen LogP contribution in [0, 0.1) is 6.92 Å². The summed E-state index contributed by atoms with van der Waals surface area (Å²) in [5.74, 6) is 2.79. The second kappa shape index (κ2) is 9.38. The second-order valence-electron chi connectivity index (χ2n) is 7.61. The Morgan fingerprint density at radius 3 is 2.35 bits per heavy atom. The van der Waals surface area contributed by atoms with Crippen LogP contribution in [0.15, 0.2) is 24.3 Å². The van der Waals surface area contributed by atoms with Crippen molar-refractivity contribution in [3.05, 3.63) is 35.5 Å². The number of benzene rings is 1. The highest BCUT2D eigenvalue weighted by molar-refractivity contribution is 5.97. The molecule has 0 spiro atoms. The lowest BCUT2D eigenvalue weighted by Crippen LogP contribution is -2.49. The van der Waals surface area contributed by atoms with Crippen LogP contribution in [0.25, 0.3) is 0 Å². The first-order chi connectivity index (χ1) is 15.1. The smallest absolute Gasteiger partial charge is 0.257 e. The van der Waals surface area contributed by atoms with Gasteiger partial charge in [0, 0.05) is 57.1 Å². The molecule has 0 radical (unpaired) electrons. The summed E-state index contributed by atoms with van der Waals surface area (Å²) >= 11 is 0. The number of nitrogens with zero attached hydrogens (tertiary/aromatic N) is 5. The van der Waals surface area contributed by atoms with Gasteiger partial charge in [-0.15, -0.1) is 0 Å². The van der Waals surface area contributed by atoms with Gasteiger partial charge in [0.15, 0.2) is 0 Å². The van der Waals surface area contributed by atoms with Gasteiger partial charge in [-0.3, -0.25) is 4.79 Å². The SMILES string of the molecule is COc1ccc(C(=O)N2CCN(c3nc(C)cc(N4CCOCC4)n3)CC2)c(OC)c1. The third kappa shape index (κ3) is 4.66. The molecule has 0 N–H and O–H groups in total. The number of piperazine rings is 1. The Bertz CT molecular complexity index is 924. The van der Waals surface area contributed by atoms with Gasteiger partial charge in [-0.05, 0) is 19.1 Å². The van der Waals surface area contributed by atoms with Crippen molar-refractivity contribution in [2.24, 2.45) is 0 Å². The van der Waals surface area contributed by atoms with E-state index < -0.39 is 0 Å². The van der Waals surface area contributed by atoms with Crippen molar-refractivity contribution in [2.75, 3.05) is 76.5 Å². The van der Waals surface area contributed by atoms with Crippen LogP contribution >= 0.6 is 0 Å². The number of anilines is 2. The molecule has 1 aromatic heterocycles. The number of hydrogen-bond acceptors (Lipinski definition) is 8. The van der Waals surface area contributed by atoms with Crippen molar-refractivity contribution in [1.29, 1.82) is 0 Å². The van der Waals surface area contributed by atoms with Crippen LogP contribution in [0.5, 0.6) is 11.5 Å². The predicted molar refractivity (Wildman–Crippen MR) is 117 cm³/mol. The molecular weight excluding hydrogens is 398 g/mol. The number of carbonyl (C=O) groups excluding carboxylic acids is 1. The Labute approximate surface area is 182 Å². The summed E-state index contributed by atoms with van der Waals surface area (Å²) in [6, 6.07) is 7.28. The van der Waals surface area contributed by atoms with Crippen LogP contribution in [0.3, 0.4) is 0 Å². The molecule has 2 fully saturated rings. The molecule has 2 aromatic rings. The van der Waals surface area contributed by atoms with Gasteiger partial charge in [-0.2, -0.15) is 4.98 Å². The minimum absolute atomic E-state index is 0.0432. The lowest BCUT2D eigenvalue weighted by atomic mass is 10.1. The van der Waals surface area contributed by atoms with Gasteiger partial charge in [-0.1, -0.05) is 0 Å². The summed E-state index contributed by atoms with van der Waals surface area (Å²) in [5, 5.41) is 0. The van der Waals surface area contributed by atoms with E-state index in [1.807, 2.05) is 17.9 Å². The highest BCUT2D eigenvalue weighted by Gasteiger charge is 2.26. The van der Waals surface area contributed by atoms with E-state index in [4.69, 9.17) is 19.2 Å². The Morgan fingerprint density at radius 1 is 0.935 bits per heavy atom. The molecule has 0 unspecified atom stereocenters. The van der Waals surface area contributed by atoms with E-state index in [9.17, 15) is 4.79 Å². The van der Waals surface area contributed by atoms with Crippen molar-refractivity contribution in [1.82, 2.24) is 14.9 Å². The van der Waals surface area contributed by atoms with Crippen LogP contribution < -0.4 is 19.3 Å². The van der Waals surface area contributed by atoms with E-state index in [0.29, 0.717) is 56.5 Å². The van der Waals surface area contributed by atoms with Gasteiger partial charge in [-0.25, -0.2) is 4.98 Å². The summed E-state index contributed by atoms with van der Waals surface area (Å²) in [7, 11) is 3.15. The Morgan fingerprint density at radius 2 is 1.68 bits per heavy atom. The number of methoxy groups -OCH3 is 2. The van der Waals surface area contributed by atoms with Crippen LogP contribution in [-0.2, 0) is 4.74 Å². The molecule has 3 heterocycles. The Kier molecular flexibility index (Phi) is 6.41. The van der Waals surface area contributed by atoms with Gasteiger partial charge in [0.25, 0.3) is 5.91 Å². The van der Waals surface area contributed by atoms with Gasteiger partial charge in [0.2, 0.25) is 5.95 Å². The summed E-state index contributed by atoms with van der Waals surface area (Å²) in [5.41, 5.74) is 1.48. The fraction of sp³-hybridized carbons (Fsp3) is 0.500. The topological polar surface area (TPSA) is 80.3 Å². The highest BCUT2D eigenvalue weighted by Crippen LogP contribution is 2.26. The molecule has 4 rings (SSSR count). The minimum atomic E-state index is -0.0432. The van der Waals surface area contributed by atoms with Crippen LogP contribution in [0.1, 0.15) is 16.1 Å². The summed E-state index contributed by atoms with van der Waals surface area (Å²) < 4.78 is 16.1. The third-order valence-electron chi connectivity index (χ3n) is 5.65. The molecule has 9 nitrogen and oxygen atoms in total. The maximum Gasteiger partial charge on any atom is 0.257 e. The van der Waals surface area contributed by atoms with E-state index >= 15 is 0 Å². The van der Waals surface area contributed by atoms with Crippen molar-refractivity contribution in [3.63, 3.8) is 0 Å². The number of ether oxygens (including phenoxy) is 3. The van der Waals surface area contributed by atoms with Crippen molar-refractivity contribution < 1.29 is 19.0 Å². The molecule has 2 saturated heterocycles. The van der Waals surface area contributed by atoms with Gasteiger partial charge in [0.1, 0.15) is 17.3 Å². The van der Waals surface area contributed by atoms with Crippen molar-refractivity contribution in [2.45, 2.75) is 6.92 Å². The molecule has 9 heteroatoms. The van der Waals surface area contributed by atoms with Crippen LogP contribution in [0.4, 0.5) is 11.8 Å². The summed E-state index contributed by atoms with van der Waals surface area (Å²) in [6.45, 7) is 7.64. The lowest BCUT2D eigenvalue weighted by molar-refractivity contribution is 0.0742. The standard InChI is InChI=1S/C22H29N5O4/c1-16-14-20(25-10-12-31-13-11-25)24-22(23-16)27-8-6-26(7-9-27)21(28)18-5-4-17(29-2)15-19(18)30-3/h4-5,14-15H,6-13H2,1-3H3. The van der Waals surface area contributed by atoms with Gasteiger partial charge >= 0.3 is 0 Å². The molecule has 31 heavy (non-hydrogen) atoms.